The Morgan fingerprint density at radius 3 is 2.43 bits per heavy atom. The number of urea groups is 1. The Bertz CT molecular complexity index is 3010. The number of imide groups is 1. The summed E-state index contributed by atoms with van der Waals surface area (Å²) >= 11 is 0. The molecule has 2 atom stereocenters. The molecule has 1 spiro atoms. The number of piperidine rings is 2. The van der Waals surface area contributed by atoms with E-state index in [9.17, 15) is 24.6 Å². The maximum atomic E-state index is 17.1. The van der Waals surface area contributed by atoms with E-state index in [4.69, 9.17) is 20.9 Å². The highest BCUT2D eigenvalue weighted by Crippen LogP contribution is 2.47. The third-order valence-corrected chi connectivity index (χ3v) is 16.3. The molecule has 6 heterocycles. The van der Waals surface area contributed by atoms with Crippen molar-refractivity contribution in [3.8, 4) is 35.4 Å². The number of aromatic hydroxyl groups is 1. The molecule has 390 valence electrons. The summed E-state index contributed by atoms with van der Waals surface area (Å²) < 4.78 is 44.3. The number of nitrogens with one attached hydrogen (secondary N) is 1. The molecule has 4 amide bonds. The molecule has 3 aromatic carbocycles. The number of aromatic nitrogens is 3. The highest BCUT2D eigenvalue weighted by atomic mass is 19.1. The molecule has 18 heteroatoms. The number of aryl methyl sites for hydroxylation is 1. The van der Waals surface area contributed by atoms with Crippen molar-refractivity contribution in [2.24, 2.45) is 11.3 Å². The second-order valence-electron chi connectivity index (χ2n) is 21.5. The van der Waals surface area contributed by atoms with Crippen LogP contribution >= 0.6 is 0 Å². The van der Waals surface area contributed by atoms with Gasteiger partial charge in [0.15, 0.2) is 5.82 Å². The molecule has 1 aliphatic carbocycles. The molecule has 0 unspecified atom stereocenters. The maximum absolute atomic E-state index is 17.1. The van der Waals surface area contributed by atoms with Crippen LogP contribution in [0.15, 0.2) is 48.7 Å². The summed E-state index contributed by atoms with van der Waals surface area (Å²) in [4.78, 5) is 62.2. The molecule has 0 bridgehead atoms. The minimum absolute atomic E-state index is 0.0172. The molecule has 5 fully saturated rings. The first-order valence-corrected chi connectivity index (χ1v) is 26.0. The van der Waals surface area contributed by atoms with Gasteiger partial charge in [0.05, 0.1) is 16.6 Å². The topological polar surface area (TPSA) is 177 Å². The van der Waals surface area contributed by atoms with Crippen molar-refractivity contribution in [2.45, 2.75) is 83.3 Å². The zero-order valence-electron chi connectivity index (χ0n) is 42.5. The standard InChI is InChI=1S/C56H65F2N9O7/c1-5-41-44(57)10-9-37-27-39(68)29-42(47(37)41)49-48(58)50-43(30-59-49)51(66-19-6-14-55(3,72)34-66)62-53(61-50)74-33-40(73-4)32-64-25-23-63(24-26-64)31-36-11-15-56(16-12-36)17-21-65(22-18-56)52(70)38-8-7-35(2)45(28-38)67-20-13-46(69)60-54(67)71/h1,7-10,27-30,36,40,68,72H,6,11-26,31-34H2,2-4H3,(H,60,69,71)/t40-,55-/m1/s1. The lowest BCUT2D eigenvalue weighted by atomic mass is 9.65. The van der Waals surface area contributed by atoms with Crippen molar-refractivity contribution < 1.29 is 42.9 Å². The smallest absolute Gasteiger partial charge is 0.328 e. The molecule has 74 heavy (non-hydrogen) atoms. The van der Waals surface area contributed by atoms with Gasteiger partial charge in [-0.05, 0) is 118 Å². The van der Waals surface area contributed by atoms with Crippen LogP contribution in [0, 0.1) is 42.2 Å². The van der Waals surface area contributed by atoms with E-state index >= 15 is 8.78 Å². The van der Waals surface area contributed by atoms with Crippen molar-refractivity contribution in [1.82, 2.24) is 35.0 Å². The van der Waals surface area contributed by atoms with Crippen LogP contribution in [-0.2, 0) is 9.53 Å². The summed E-state index contributed by atoms with van der Waals surface area (Å²) in [6.07, 6.45) is 15.0. The highest BCUT2D eigenvalue weighted by molar-refractivity contribution is 6.07. The van der Waals surface area contributed by atoms with Gasteiger partial charge in [-0.25, -0.2) is 13.6 Å². The van der Waals surface area contributed by atoms with Crippen LogP contribution in [-0.4, -0.2) is 155 Å². The van der Waals surface area contributed by atoms with E-state index in [1.54, 1.807) is 25.0 Å². The SMILES string of the molecule is C#Cc1c(F)ccc2cc(O)cc(-c3ncc4c(N5CCC[C@@](C)(O)C5)nc(OC[C@@H](CN5CCN(CC6CCC7(CC6)CCN(C(=O)c6ccc(C)c(N8CCC(=O)NC8=O)c6)CC7)CC5)OC)nc4c3F)c12. The van der Waals surface area contributed by atoms with E-state index in [0.717, 1.165) is 64.2 Å². The minimum Gasteiger partial charge on any atom is -0.508 e. The van der Waals surface area contributed by atoms with Gasteiger partial charge in [0.1, 0.15) is 41.3 Å². The van der Waals surface area contributed by atoms with Gasteiger partial charge in [0.2, 0.25) is 5.91 Å². The predicted octanol–water partition coefficient (Wildman–Crippen LogP) is 7.04. The molecule has 16 nitrogen and oxygen atoms in total. The molecule has 1 saturated carbocycles. The monoisotopic (exact) mass is 1010 g/mol. The van der Waals surface area contributed by atoms with E-state index in [2.05, 4.69) is 31.0 Å². The predicted molar refractivity (Wildman–Crippen MR) is 277 cm³/mol. The van der Waals surface area contributed by atoms with Gasteiger partial charge in [0, 0.05) is 114 Å². The summed E-state index contributed by atoms with van der Waals surface area (Å²) in [5.41, 5.74) is 1.10. The van der Waals surface area contributed by atoms with Crippen LogP contribution in [0.1, 0.15) is 86.2 Å². The number of likely N-dealkylation sites (tertiary alicyclic amines) is 1. The number of anilines is 2. The van der Waals surface area contributed by atoms with Gasteiger partial charge >= 0.3 is 12.0 Å². The van der Waals surface area contributed by atoms with E-state index in [1.807, 2.05) is 28.9 Å². The number of carbonyl (C=O) groups excluding carboxylic acids is 3. The number of fused-ring (bicyclic) bond motifs is 2. The zero-order valence-corrected chi connectivity index (χ0v) is 42.5. The summed E-state index contributed by atoms with van der Waals surface area (Å²) in [5.74, 6) is 1.39. The van der Waals surface area contributed by atoms with E-state index in [-0.39, 0.29) is 88.9 Å². The average molecular weight is 1010 g/mol. The van der Waals surface area contributed by atoms with Crippen LogP contribution in [0.3, 0.4) is 0 Å². The molecule has 4 saturated heterocycles. The molecule has 3 N–H and O–H groups in total. The van der Waals surface area contributed by atoms with E-state index in [1.165, 1.54) is 56.1 Å². The number of pyridine rings is 1. The Kier molecular flexibility index (Phi) is 14.5. The second kappa shape index (κ2) is 21.0. The largest absolute Gasteiger partial charge is 0.508 e. The number of amides is 4. The highest BCUT2D eigenvalue weighted by Gasteiger charge is 2.40. The number of nitrogens with zero attached hydrogens (tertiary/aromatic N) is 8. The zero-order chi connectivity index (χ0) is 51.9. The molecule has 10 rings (SSSR count). The molecule has 5 aromatic rings. The molecule has 4 aliphatic heterocycles. The number of aliphatic hydroxyl groups is 1. The number of hydrogen-bond donors (Lipinski definition) is 3. The Labute approximate surface area is 430 Å². The Morgan fingerprint density at radius 2 is 1.72 bits per heavy atom. The first kappa shape index (κ1) is 51.0. The van der Waals surface area contributed by atoms with E-state index < -0.39 is 23.3 Å². The maximum Gasteiger partial charge on any atom is 0.328 e. The first-order chi connectivity index (χ1) is 35.6. The third-order valence-electron chi connectivity index (χ3n) is 16.3. The summed E-state index contributed by atoms with van der Waals surface area (Å²) in [7, 11) is 1.64. The van der Waals surface area contributed by atoms with Crippen LogP contribution < -0.4 is 19.9 Å². The summed E-state index contributed by atoms with van der Waals surface area (Å²) in [6, 6.07) is 10.4. The lowest BCUT2D eigenvalue weighted by Crippen LogP contribution is -2.51. The number of carbonyl (C=O) groups is 3. The quantitative estimate of drug-likeness (QED) is 0.109. The van der Waals surface area contributed by atoms with Gasteiger partial charge < -0.3 is 34.4 Å². The minimum atomic E-state index is -1.01. The lowest BCUT2D eigenvalue weighted by Gasteiger charge is -2.47. The van der Waals surface area contributed by atoms with Crippen molar-refractivity contribution >= 4 is 51.0 Å². The summed E-state index contributed by atoms with van der Waals surface area (Å²) in [5, 5.41) is 25.1. The van der Waals surface area contributed by atoms with Gasteiger partial charge in [-0.2, -0.15) is 9.97 Å². The number of phenolic OH excluding ortho intramolecular Hbond substituents is 1. The molecule has 2 aromatic heterocycles. The van der Waals surface area contributed by atoms with Crippen molar-refractivity contribution in [1.29, 1.82) is 0 Å². The number of methoxy groups -OCH3 is 1. The molecular formula is C56H65F2N9O7. The van der Waals surface area contributed by atoms with Gasteiger partial charge in [0.25, 0.3) is 5.91 Å². The average Bonchev–Trinajstić information content (AvgIpc) is 3.39. The lowest BCUT2D eigenvalue weighted by molar-refractivity contribution is -0.120. The number of rotatable bonds is 12. The molecule has 0 radical (unpaired) electrons. The number of benzene rings is 3. The number of terminal acetylenes is 1. The number of ether oxygens (including phenoxy) is 2. The number of β-amino-alcohol motifs (C(OH)–C–C–N with tert-alkyl or cyclic N) is 1. The first-order valence-electron chi connectivity index (χ1n) is 26.0. The summed E-state index contributed by atoms with van der Waals surface area (Å²) in [6.45, 7) is 11.6. The van der Waals surface area contributed by atoms with E-state index in [0.29, 0.717) is 59.7 Å². The van der Waals surface area contributed by atoms with Crippen molar-refractivity contribution in [3.63, 3.8) is 0 Å². The van der Waals surface area contributed by atoms with Gasteiger partial charge in [-0.3, -0.25) is 29.7 Å². The fourth-order valence-electron chi connectivity index (χ4n) is 12.0. The van der Waals surface area contributed by atoms with Crippen LogP contribution in [0.2, 0.25) is 0 Å². The van der Waals surface area contributed by atoms with Crippen LogP contribution in [0.5, 0.6) is 11.8 Å². The Balaban J connectivity index is 0.739. The Hall–Kier alpha value is -6.52. The van der Waals surface area contributed by atoms with Gasteiger partial charge in [-0.15, -0.1) is 6.42 Å². The van der Waals surface area contributed by atoms with Gasteiger partial charge in [-0.1, -0.05) is 18.1 Å². The number of hydrogen-bond acceptors (Lipinski definition) is 13. The fourth-order valence-corrected chi connectivity index (χ4v) is 12.0. The number of piperazine rings is 1. The Morgan fingerprint density at radius 1 is 0.959 bits per heavy atom. The van der Waals surface area contributed by atoms with Crippen molar-refractivity contribution in [3.05, 3.63) is 77.0 Å². The third kappa shape index (κ3) is 10.6. The van der Waals surface area contributed by atoms with Crippen molar-refractivity contribution in [2.75, 3.05) is 95.5 Å². The fraction of sp³-hybridized carbons (Fsp3) is 0.500. The normalized spacial score (nSPS) is 21.6. The molecular weight excluding hydrogens is 949 g/mol. The number of phenols is 1. The number of halogens is 2. The van der Waals surface area contributed by atoms with Crippen LogP contribution in [0.4, 0.5) is 25.1 Å². The molecule has 5 aliphatic rings. The second-order valence-corrected chi connectivity index (χ2v) is 21.5. The van der Waals surface area contributed by atoms with Crippen LogP contribution in [0.25, 0.3) is 32.9 Å².